The van der Waals surface area contributed by atoms with Gasteiger partial charge in [-0.25, -0.2) is 0 Å². The Hall–Kier alpha value is -2.20. The molecule has 1 saturated heterocycles. The van der Waals surface area contributed by atoms with E-state index < -0.39 is 37.1 Å². The minimum Gasteiger partial charge on any atom is -0.488 e. The lowest BCUT2D eigenvalue weighted by Crippen LogP contribution is -2.55. The summed E-state index contributed by atoms with van der Waals surface area (Å²) in [4.78, 5) is 4.87. The Balaban J connectivity index is 1.69. The highest BCUT2D eigenvalue weighted by Crippen LogP contribution is 2.34. The second-order valence-electron chi connectivity index (χ2n) is 7.44. The van der Waals surface area contributed by atoms with Crippen LogP contribution in [-0.2, 0) is 16.0 Å². The summed E-state index contributed by atoms with van der Waals surface area (Å²) in [6.45, 7) is 2.17. The smallest absolute Gasteiger partial charge is 0.127 e. The Morgan fingerprint density at radius 3 is 2.50 bits per heavy atom. The molecule has 32 heavy (non-hydrogen) atoms. The number of ether oxygens (including phenoxy) is 2. The molecule has 0 unspecified atom stereocenters. The number of rotatable bonds is 9. The molecule has 0 amide bonds. The Kier molecular flexibility index (Phi) is 8.86. The van der Waals surface area contributed by atoms with Gasteiger partial charge in [0.2, 0.25) is 0 Å². The van der Waals surface area contributed by atoms with Gasteiger partial charge in [-0.1, -0.05) is 41.0 Å². The van der Waals surface area contributed by atoms with Crippen LogP contribution in [0.4, 0.5) is 0 Å². The maximum Gasteiger partial charge on any atom is 0.127 e. The number of aliphatic hydroxyl groups excluding tert-OH is 4. The maximum absolute atomic E-state index is 10.4. The summed E-state index contributed by atoms with van der Waals surface area (Å²) < 4.78 is 11.2. The molecular weight excluding hydrogens is 438 g/mol. The quantitative estimate of drug-likeness (QED) is 0.329. The molecule has 3 rings (SSSR count). The van der Waals surface area contributed by atoms with Crippen LogP contribution in [-0.4, -0.2) is 70.9 Å². The molecule has 174 valence electrons. The van der Waals surface area contributed by atoms with E-state index in [1.54, 1.807) is 24.4 Å². The molecule has 8 nitrogen and oxygen atoms in total. The van der Waals surface area contributed by atoms with Crippen molar-refractivity contribution >= 4 is 17.8 Å². The molecule has 0 bridgehead atoms. The van der Waals surface area contributed by atoms with E-state index in [0.29, 0.717) is 36.0 Å². The molecule has 1 heterocycles. The number of oxime groups is 1. The van der Waals surface area contributed by atoms with Gasteiger partial charge in [-0.05, 0) is 48.2 Å². The third-order valence-electron chi connectivity index (χ3n) is 5.21. The third-order valence-corrected chi connectivity index (χ3v) is 5.58. The van der Waals surface area contributed by atoms with Crippen molar-refractivity contribution in [3.8, 4) is 5.75 Å². The molecule has 5 atom stereocenters. The average Bonchev–Trinajstić information content (AvgIpc) is 2.80. The molecule has 1 fully saturated rings. The molecule has 0 aliphatic carbocycles. The van der Waals surface area contributed by atoms with Crippen molar-refractivity contribution in [1.82, 2.24) is 0 Å². The van der Waals surface area contributed by atoms with Crippen LogP contribution in [0.15, 0.2) is 47.6 Å². The maximum atomic E-state index is 10.4. The van der Waals surface area contributed by atoms with Gasteiger partial charge >= 0.3 is 0 Å². The molecule has 2 aromatic rings. The van der Waals surface area contributed by atoms with E-state index in [-0.39, 0.29) is 0 Å². The van der Waals surface area contributed by atoms with E-state index in [2.05, 4.69) is 5.16 Å². The highest BCUT2D eigenvalue weighted by Gasteiger charge is 2.44. The van der Waals surface area contributed by atoms with Gasteiger partial charge in [-0.15, -0.1) is 0 Å². The second-order valence-corrected chi connectivity index (χ2v) is 7.85. The standard InChI is InChI=1S/C23H28ClNO7/c1-2-31-25-9-10-30-17-6-3-14(4-7-17)11-16-12-15(5-8-18(16)24)23-22(29)21(28)20(27)19(13-26)32-23/h3-9,12,19-23,26-29H,2,10-11,13H2,1H3/b25-9-/t19-,20-,21+,22-,23+/m1/s1. The molecular formula is C23H28ClNO7. The fourth-order valence-corrected chi connectivity index (χ4v) is 3.68. The first kappa shape index (κ1) is 24.4. The zero-order chi connectivity index (χ0) is 23.1. The van der Waals surface area contributed by atoms with E-state index >= 15 is 0 Å². The highest BCUT2D eigenvalue weighted by atomic mass is 35.5. The largest absolute Gasteiger partial charge is 0.488 e. The predicted molar refractivity (Wildman–Crippen MR) is 119 cm³/mol. The van der Waals surface area contributed by atoms with Crippen LogP contribution in [0, 0.1) is 0 Å². The number of benzene rings is 2. The molecule has 9 heteroatoms. The summed E-state index contributed by atoms with van der Waals surface area (Å²) in [6.07, 6.45) is -3.98. The van der Waals surface area contributed by atoms with Crippen LogP contribution in [0.5, 0.6) is 5.75 Å². The van der Waals surface area contributed by atoms with Crippen LogP contribution in [0.2, 0.25) is 5.02 Å². The number of halogens is 1. The zero-order valence-electron chi connectivity index (χ0n) is 17.7. The number of hydrogen-bond acceptors (Lipinski definition) is 8. The topological polar surface area (TPSA) is 121 Å². The summed E-state index contributed by atoms with van der Waals surface area (Å²) >= 11 is 6.39. The van der Waals surface area contributed by atoms with Gasteiger partial charge in [0.1, 0.15) is 49.5 Å². The first-order valence-electron chi connectivity index (χ1n) is 10.4. The van der Waals surface area contributed by atoms with Crippen molar-refractivity contribution in [3.05, 3.63) is 64.2 Å². The highest BCUT2D eigenvalue weighted by molar-refractivity contribution is 6.31. The fraction of sp³-hybridized carbons (Fsp3) is 0.435. The zero-order valence-corrected chi connectivity index (χ0v) is 18.4. The van der Waals surface area contributed by atoms with Crippen molar-refractivity contribution in [3.63, 3.8) is 0 Å². The first-order chi connectivity index (χ1) is 15.4. The van der Waals surface area contributed by atoms with Gasteiger partial charge in [0, 0.05) is 5.02 Å². The van der Waals surface area contributed by atoms with Crippen molar-refractivity contribution in [1.29, 1.82) is 0 Å². The van der Waals surface area contributed by atoms with Crippen LogP contribution in [0.1, 0.15) is 29.7 Å². The normalized spacial score (nSPS) is 25.8. The Labute approximate surface area is 191 Å². The fourth-order valence-electron chi connectivity index (χ4n) is 3.50. The molecule has 2 aromatic carbocycles. The summed E-state index contributed by atoms with van der Waals surface area (Å²) in [5, 5.41) is 44.1. The van der Waals surface area contributed by atoms with Gasteiger partial charge in [0.05, 0.1) is 12.8 Å². The lowest BCUT2D eigenvalue weighted by atomic mass is 9.90. The molecule has 4 N–H and O–H groups in total. The van der Waals surface area contributed by atoms with Gasteiger partial charge in [-0.3, -0.25) is 0 Å². The molecule has 0 aromatic heterocycles. The van der Waals surface area contributed by atoms with Crippen LogP contribution in [0.3, 0.4) is 0 Å². The molecule has 0 spiro atoms. The Morgan fingerprint density at radius 2 is 1.81 bits per heavy atom. The monoisotopic (exact) mass is 465 g/mol. The van der Waals surface area contributed by atoms with E-state index in [1.807, 2.05) is 31.2 Å². The van der Waals surface area contributed by atoms with E-state index in [9.17, 15) is 20.4 Å². The van der Waals surface area contributed by atoms with Gasteiger partial charge in [-0.2, -0.15) is 0 Å². The summed E-state index contributed by atoms with van der Waals surface area (Å²) in [5.41, 5.74) is 2.39. The third kappa shape index (κ3) is 5.98. The number of nitrogens with zero attached hydrogens (tertiary/aromatic N) is 1. The Bertz CT molecular complexity index is 890. The summed E-state index contributed by atoms with van der Waals surface area (Å²) in [7, 11) is 0. The van der Waals surface area contributed by atoms with Crippen molar-refractivity contribution in [2.75, 3.05) is 19.8 Å². The number of aliphatic hydroxyl groups is 4. The van der Waals surface area contributed by atoms with Crippen molar-refractivity contribution < 1.29 is 34.7 Å². The lowest BCUT2D eigenvalue weighted by molar-refractivity contribution is -0.231. The van der Waals surface area contributed by atoms with E-state index in [0.717, 1.165) is 11.1 Å². The van der Waals surface area contributed by atoms with Crippen molar-refractivity contribution in [2.24, 2.45) is 5.16 Å². The van der Waals surface area contributed by atoms with Crippen LogP contribution in [0.25, 0.3) is 0 Å². The lowest BCUT2D eigenvalue weighted by Gasteiger charge is -2.40. The molecule has 1 aliphatic heterocycles. The molecule has 0 radical (unpaired) electrons. The van der Waals surface area contributed by atoms with Crippen LogP contribution < -0.4 is 4.74 Å². The predicted octanol–water partition coefficient (Wildman–Crippen LogP) is 1.85. The van der Waals surface area contributed by atoms with Gasteiger partial charge in [0.25, 0.3) is 0 Å². The number of hydrogen-bond donors (Lipinski definition) is 4. The summed E-state index contributed by atoms with van der Waals surface area (Å²) in [6, 6.07) is 12.7. The van der Waals surface area contributed by atoms with Crippen LogP contribution >= 0.6 is 11.6 Å². The first-order valence-corrected chi connectivity index (χ1v) is 10.8. The minimum absolute atomic E-state index is 0.298. The second kappa shape index (κ2) is 11.6. The van der Waals surface area contributed by atoms with Crippen molar-refractivity contribution in [2.45, 2.75) is 43.9 Å². The van der Waals surface area contributed by atoms with E-state index in [4.69, 9.17) is 25.9 Å². The minimum atomic E-state index is -1.43. The Morgan fingerprint density at radius 1 is 1.06 bits per heavy atom. The molecule has 0 saturated carbocycles. The average molecular weight is 466 g/mol. The molecule has 1 aliphatic rings. The summed E-state index contributed by atoms with van der Waals surface area (Å²) in [5.74, 6) is 0.692. The van der Waals surface area contributed by atoms with E-state index in [1.165, 1.54) is 0 Å². The SMILES string of the molecule is CCO/N=C\COc1ccc(Cc2cc([C@@H]3O[C@H](CO)[C@@H](O)[C@H](O)[C@H]3O)ccc2Cl)cc1. The van der Waals surface area contributed by atoms with Gasteiger partial charge < -0.3 is 34.7 Å². The van der Waals surface area contributed by atoms with Gasteiger partial charge in [0.15, 0.2) is 0 Å².